The Bertz CT molecular complexity index is 888. The van der Waals surface area contributed by atoms with Gasteiger partial charge in [-0.15, -0.1) is 0 Å². The molecular weight excluding hydrogens is 308 g/mol. The van der Waals surface area contributed by atoms with Gasteiger partial charge in [0.05, 0.1) is 0 Å². The van der Waals surface area contributed by atoms with E-state index in [9.17, 15) is 4.79 Å². The quantitative estimate of drug-likeness (QED) is 0.419. The topological polar surface area (TPSA) is 26.3 Å². The minimum Gasteiger partial charge on any atom is -0.423 e. The predicted octanol–water partition coefficient (Wildman–Crippen LogP) is 5.54. The molecular formula is C23H24O2. The van der Waals surface area contributed by atoms with E-state index in [4.69, 9.17) is 4.74 Å². The number of benzene rings is 2. The van der Waals surface area contributed by atoms with Crippen LogP contribution in [0.2, 0.25) is 0 Å². The van der Waals surface area contributed by atoms with E-state index in [1.54, 1.807) is 0 Å². The van der Waals surface area contributed by atoms with Gasteiger partial charge in [-0.1, -0.05) is 61.9 Å². The highest BCUT2D eigenvalue weighted by Crippen LogP contribution is 2.46. The zero-order chi connectivity index (χ0) is 17.6. The van der Waals surface area contributed by atoms with Gasteiger partial charge in [-0.2, -0.15) is 0 Å². The largest absolute Gasteiger partial charge is 0.423 e. The summed E-state index contributed by atoms with van der Waals surface area (Å²) >= 11 is 0. The summed E-state index contributed by atoms with van der Waals surface area (Å²) in [6.07, 6.45) is 5.58. The maximum absolute atomic E-state index is 12.8. The molecule has 128 valence electrons. The molecule has 3 aliphatic rings. The van der Waals surface area contributed by atoms with Gasteiger partial charge >= 0.3 is 5.97 Å². The summed E-state index contributed by atoms with van der Waals surface area (Å²) in [4.78, 5) is 12.8. The fraction of sp³-hybridized carbons (Fsp3) is 0.348. The summed E-state index contributed by atoms with van der Waals surface area (Å²) in [5.74, 6) is 2.09. The number of hydrogen-bond acceptors (Lipinski definition) is 2. The Hall–Kier alpha value is -2.35. The highest BCUT2D eigenvalue weighted by atomic mass is 16.5. The first-order chi connectivity index (χ1) is 12.0. The second-order valence-electron chi connectivity index (χ2n) is 7.71. The van der Waals surface area contributed by atoms with Crippen molar-refractivity contribution in [1.29, 1.82) is 0 Å². The third-order valence-electron chi connectivity index (χ3n) is 5.78. The average Bonchev–Trinajstić information content (AvgIpc) is 2.61. The van der Waals surface area contributed by atoms with E-state index in [1.807, 2.05) is 36.4 Å². The summed E-state index contributed by atoms with van der Waals surface area (Å²) in [5, 5.41) is 2.24. The minimum absolute atomic E-state index is 0.193. The summed E-state index contributed by atoms with van der Waals surface area (Å²) in [6.45, 7) is 6.68. The summed E-state index contributed by atoms with van der Waals surface area (Å²) in [5.41, 5.74) is 2.23. The lowest BCUT2D eigenvalue weighted by Crippen LogP contribution is -2.36. The number of allylic oxidation sites excluding steroid dienone is 3. The van der Waals surface area contributed by atoms with Gasteiger partial charge in [0.25, 0.3) is 0 Å². The smallest absolute Gasteiger partial charge is 0.339 e. The normalized spacial score (nSPS) is 25.0. The molecule has 2 heteroatoms. The number of fused-ring (bicyclic) bond motifs is 2. The van der Waals surface area contributed by atoms with Gasteiger partial charge < -0.3 is 4.74 Å². The first-order valence-corrected chi connectivity index (χ1v) is 9.14. The molecule has 0 unspecified atom stereocenters. The van der Waals surface area contributed by atoms with Crippen LogP contribution in [0.1, 0.15) is 27.2 Å². The van der Waals surface area contributed by atoms with Crippen molar-refractivity contribution in [1.82, 2.24) is 0 Å². The van der Waals surface area contributed by atoms with Crippen molar-refractivity contribution >= 4 is 16.7 Å². The number of rotatable bonds is 3. The summed E-state index contributed by atoms with van der Waals surface area (Å²) < 4.78 is 5.74. The molecule has 25 heavy (non-hydrogen) atoms. The Morgan fingerprint density at radius 1 is 1.08 bits per heavy atom. The Morgan fingerprint density at radius 2 is 1.84 bits per heavy atom. The molecule has 3 atom stereocenters. The van der Waals surface area contributed by atoms with Crippen molar-refractivity contribution in [2.75, 3.05) is 0 Å². The number of carbonyl (C=O) groups excluding carboxylic acids is 1. The Kier molecular flexibility index (Phi) is 3.99. The lowest BCUT2D eigenvalue weighted by Gasteiger charge is -2.41. The molecule has 0 amide bonds. The van der Waals surface area contributed by atoms with Gasteiger partial charge in [-0.25, -0.2) is 4.79 Å². The molecule has 2 nitrogen and oxygen atoms in total. The van der Waals surface area contributed by atoms with Gasteiger partial charge in [0.2, 0.25) is 0 Å². The summed E-state index contributed by atoms with van der Waals surface area (Å²) in [7, 11) is 0. The lowest BCUT2D eigenvalue weighted by molar-refractivity contribution is -0.131. The van der Waals surface area contributed by atoms with Gasteiger partial charge in [0.1, 0.15) is 5.75 Å². The van der Waals surface area contributed by atoms with E-state index in [0.717, 1.165) is 22.8 Å². The first-order valence-electron chi connectivity index (χ1n) is 9.14. The van der Waals surface area contributed by atoms with Crippen molar-refractivity contribution < 1.29 is 9.53 Å². The van der Waals surface area contributed by atoms with Crippen LogP contribution in [-0.4, -0.2) is 5.97 Å². The Labute approximate surface area is 149 Å². The van der Waals surface area contributed by atoms with Gasteiger partial charge in [-0.3, -0.25) is 0 Å². The first kappa shape index (κ1) is 16.1. The standard InChI is InChI=1S/C23H24O2/c1-14(2)20-12-18-13-22(21(20)10-15(18)3)23(24)25-19-9-8-16-6-4-5-7-17(16)11-19/h4-11,13-14,18,20-21H,12H2,1-3H3/t18-,20+,21-/m0/s1. The molecule has 2 aromatic carbocycles. The van der Waals surface area contributed by atoms with Crippen molar-refractivity contribution in [3.63, 3.8) is 0 Å². The van der Waals surface area contributed by atoms with Crippen LogP contribution < -0.4 is 4.74 Å². The monoisotopic (exact) mass is 332 g/mol. The van der Waals surface area contributed by atoms with Gasteiger partial charge in [-0.05, 0) is 54.0 Å². The van der Waals surface area contributed by atoms with Crippen LogP contribution in [0.25, 0.3) is 10.8 Å². The van der Waals surface area contributed by atoms with Gasteiger partial charge in [0.15, 0.2) is 0 Å². The fourth-order valence-corrected chi connectivity index (χ4v) is 4.29. The molecule has 0 heterocycles. The molecule has 2 bridgehead atoms. The molecule has 0 saturated carbocycles. The van der Waals surface area contributed by atoms with E-state index >= 15 is 0 Å². The maximum atomic E-state index is 12.8. The third kappa shape index (κ3) is 2.90. The summed E-state index contributed by atoms with van der Waals surface area (Å²) in [6, 6.07) is 13.9. The highest BCUT2D eigenvalue weighted by molar-refractivity contribution is 5.93. The molecule has 3 aliphatic carbocycles. The Balaban J connectivity index is 1.59. The SMILES string of the molecule is CC1=C[C@@H]2C(C(=O)Oc3ccc4ccccc4c3)=C[C@@H]1C[C@@H]2C(C)C. The number of ether oxygens (including phenoxy) is 1. The van der Waals surface area contributed by atoms with E-state index in [-0.39, 0.29) is 11.9 Å². The molecule has 2 aromatic rings. The predicted molar refractivity (Wildman–Crippen MR) is 101 cm³/mol. The minimum atomic E-state index is -0.195. The molecule has 0 spiro atoms. The van der Waals surface area contributed by atoms with Gasteiger partial charge in [0, 0.05) is 11.5 Å². The third-order valence-corrected chi connectivity index (χ3v) is 5.78. The van der Waals surface area contributed by atoms with E-state index < -0.39 is 0 Å². The molecule has 0 saturated heterocycles. The van der Waals surface area contributed by atoms with Crippen LogP contribution >= 0.6 is 0 Å². The average molecular weight is 332 g/mol. The van der Waals surface area contributed by atoms with Crippen LogP contribution in [0.3, 0.4) is 0 Å². The lowest BCUT2D eigenvalue weighted by atomic mass is 9.63. The van der Waals surface area contributed by atoms with Crippen LogP contribution in [0.15, 0.2) is 65.8 Å². The molecule has 5 rings (SSSR count). The highest BCUT2D eigenvalue weighted by Gasteiger charge is 2.40. The van der Waals surface area contributed by atoms with Crippen LogP contribution in [0, 0.1) is 23.7 Å². The van der Waals surface area contributed by atoms with Crippen molar-refractivity contribution in [3.8, 4) is 5.75 Å². The van der Waals surface area contributed by atoms with Crippen molar-refractivity contribution in [2.45, 2.75) is 27.2 Å². The van der Waals surface area contributed by atoms with E-state index in [0.29, 0.717) is 23.5 Å². The maximum Gasteiger partial charge on any atom is 0.339 e. The zero-order valence-electron chi connectivity index (χ0n) is 15.0. The second-order valence-corrected chi connectivity index (χ2v) is 7.71. The second kappa shape index (κ2) is 6.18. The fourth-order valence-electron chi connectivity index (χ4n) is 4.29. The number of esters is 1. The van der Waals surface area contributed by atoms with E-state index in [1.165, 1.54) is 5.57 Å². The van der Waals surface area contributed by atoms with Crippen LogP contribution in [0.5, 0.6) is 5.75 Å². The van der Waals surface area contributed by atoms with Crippen LogP contribution in [-0.2, 0) is 4.79 Å². The number of hydrogen-bond donors (Lipinski definition) is 0. The zero-order valence-corrected chi connectivity index (χ0v) is 15.0. The van der Waals surface area contributed by atoms with Crippen LogP contribution in [0.4, 0.5) is 0 Å². The molecule has 0 N–H and O–H groups in total. The molecule has 0 fully saturated rings. The Morgan fingerprint density at radius 3 is 2.56 bits per heavy atom. The van der Waals surface area contributed by atoms with Crippen molar-refractivity contribution in [3.05, 3.63) is 65.8 Å². The molecule has 0 radical (unpaired) electrons. The molecule has 0 aliphatic heterocycles. The number of carbonyl (C=O) groups is 1. The molecule has 0 aromatic heterocycles. The van der Waals surface area contributed by atoms with E-state index in [2.05, 4.69) is 39.0 Å². The van der Waals surface area contributed by atoms with Crippen molar-refractivity contribution in [2.24, 2.45) is 23.7 Å².